The zero-order valence-corrected chi connectivity index (χ0v) is 21.9. The molecule has 1 heterocycles. The van der Waals surface area contributed by atoms with Crippen molar-refractivity contribution in [3.63, 3.8) is 0 Å². The molecule has 0 bridgehead atoms. The van der Waals surface area contributed by atoms with Gasteiger partial charge in [0.05, 0.1) is 6.67 Å². The van der Waals surface area contributed by atoms with Gasteiger partial charge in [0.25, 0.3) is 11.8 Å². The molecule has 0 aliphatic carbocycles. The highest BCUT2D eigenvalue weighted by atomic mass is 16.2. The molecule has 0 aromatic rings. The van der Waals surface area contributed by atoms with Gasteiger partial charge < -0.3 is 37.9 Å². The predicted molar refractivity (Wildman–Crippen MR) is 135 cm³/mol. The summed E-state index contributed by atoms with van der Waals surface area (Å²) < 4.78 is 0. The summed E-state index contributed by atoms with van der Waals surface area (Å²) in [6.07, 6.45) is 4.47. The van der Waals surface area contributed by atoms with Gasteiger partial charge in [0.15, 0.2) is 0 Å². The number of imide groups is 1. The van der Waals surface area contributed by atoms with Gasteiger partial charge in [0.2, 0.25) is 17.7 Å². The van der Waals surface area contributed by atoms with Gasteiger partial charge in [-0.2, -0.15) is 0 Å². The molecule has 35 heavy (non-hydrogen) atoms. The second-order valence-corrected chi connectivity index (χ2v) is 6.31. The predicted octanol–water partition coefficient (Wildman–Crippen LogP) is -0.797. The Balaban J connectivity index is -0.000000188. The Bertz CT molecular complexity index is 618. The third-order valence-corrected chi connectivity index (χ3v) is 3.47. The van der Waals surface area contributed by atoms with Crippen LogP contribution in [0.25, 0.3) is 0 Å². The van der Waals surface area contributed by atoms with E-state index in [1.54, 1.807) is 20.8 Å². The normalized spacial score (nSPS) is 10.6. The number of amides is 5. The first-order valence-electron chi connectivity index (χ1n) is 11.4. The van der Waals surface area contributed by atoms with Crippen molar-refractivity contribution in [2.75, 3.05) is 26.6 Å². The summed E-state index contributed by atoms with van der Waals surface area (Å²) in [5.41, 5.74) is 14.2. The van der Waals surface area contributed by atoms with Crippen LogP contribution < -0.4 is 33.2 Å². The highest BCUT2D eigenvalue weighted by Gasteiger charge is 2.22. The molecule has 0 saturated carbocycles. The Morgan fingerprint density at radius 2 is 1.06 bits per heavy atom. The molecule has 0 aromatic heterocycles. The van der Waals surface area contributed by atoms with E-state index in [2.05, 4.69) is 27.4 Å². The molecule has 13 heteroatoms. The lowest BCUT2D eigenvalue weighted by Gasteiger charge is -2.13. The van der Waals surface area contributed by atoms with Crippen LogP contribution in [0, 0.1) is 0 Å². The summed E-state index contributed by atoms with van der Waals surface area (Å²) in [6.45, 7) is 11.9. The zero-order chi connectivity index (χ0) is 28.2. The van der Waals surface area contributed by atoms with E-state index >= 15 is 0 Å². The molecule has 0 radical (unpaired) electrons. The first-order chi connectivity index (χ1) is 16.4. The van der Waals surface area contributed by atoms with Crippen LogP contribution in [0.15, 0.2) is 12.2 Å². The van der Waals surface area contributed by atoms with Crippen molar-refractivity contribution in [1.82, 2.24) is 20.9 Å². The van der Waals surface area contributed by atoms with Crippen LogP contribution in [0.3, 0.4) is 0 Å². The third-order valence-electron chi connectivity index (χ3n) is 3.47. The van der Waals surface area contributed by atoms with Crippen molar-refractivity contribution in [2.24, 2.45) is 17.2 Å². The van der Waals surface area contributed by atoms with Crippen LogP contribution in [0.4, 0.5) is 0 Å². The van der Waals surface area contributed by atoms with E-state index in [9.17, 15) is 28.8 Å². The lowest BCUT2D eigenvalue weighted by Crippen LogP contribution is -2.40. The number of rotatable bonds is 8. The van der Waals surface area contributed by atoms with E-state index in [-0.39, 0.29) is 55.3 Å². The smallest absolute Gasteiger partial charge is 0.255 e. The van der Waals surface area contributed by atoms with Gasteiger partial charge in [-0.25, -0.2) is 0 Å². The van der Waals surface area contributed by atoms with E-state index in [1.165, 1.54) is 12.2 Å². The lowest BCUT2D eigenvalue weighted by molar-refractivity contribution is -0.138. The van der Waals surface area contributed by atoms with Crippen molar-refractivity contribution >= 4 is 35.3 Å². The number of nitrogens with one attached hydrogen (secondary N) is 3. The topological polar surface area (TPSA) is 220 Å². The van der Waals surface area contributed by atoms with E-state index < -0.39 is 0 Å². The number of Topliss-reactive ketones (excluding diaryl/α,β-unsaturated/α-hetero) is 1. The lowest BCUT2D eigenvalue weighted by atomic mass is 10.4. The van der Waals surface area contributed by atoms with Gasteiger partial charge in [-0.15, -0.1) is 0 Å². The number of carbonyl (C=O) groups is 6. The van der Waals surface area contributed by atoms with Crippen LogP contribution in [-0.4, -0.2) is 66.8 Å². The molecule has 1 aliphatic rings. The molecule has 0 atom stereocenters. The quantitative estimate of drug-likeness (QED) is 0.180. The van der Waals surface area contributed by atoms with Crippen LogP contribution in [-0.2, 0) is 28.8 Å². The number of hydrogen-bond donors (Lipinski definition) is 6. The van der Waals surface area contributed by atoms with Gasteiger partial charge >= 0.3 is 0 Å². The van der Waals surface area contributed by atoms with Crippen molar-refractivity contribution in [2.45, 2.75) is 67.2 Å². The Morgan fingerprint density at radius 3 is 1.29 bits per heavy atom. The maximum absolute atomic E-state index is 11.0. The number of hydrogen-bond acceptors (Lipinski definition) is 9. The molecule has 13 nitrogen and oxygen atoms in total. The minimum absolute atomic E-state index is 0.00231. The second-order valence-electron chi connectivity index (χ2n) is 6.31. The third kappa shape index (κ3) is 30.8. The zero-order valence-electron chi connectivity index (χ0n) is 21.9. The van der Waals surface area contributed by atoms with Gasteiger partial charge in [-0.3, -0.25) is 28.9 Å². The molecule has 9 N–H and O–H groups in total. The summed E-state index contributed by atoms with van der Waals surface area (Å²) in [7, 11) is 0. The molecule has 204 valence electrons. The Kier molecular flexibility index (Phi) is 32.2. The van der Waals surface area contributed by atoms with Gasteiger partial charge in [-0.05, 0) is 13.8 Å². The molecule has 1 aliphatic heterocycles. The molecular weight excluding hydrogens is 458 g/mol. The Morgan fingerprint density at radius 1 is 0.714 bits per heavy atom. The van der Waals surface area contributed by atoms with Crippen molar-refractivity contribution in [3.05, 3.63) is 12.2 Å². The minimum atomic E-state index is -0.388. The largest absolute Gasteiger partial charge is 0.356 e. The average molecular weight is 504 g/mol. The van der Waals surface area contributed by atoms with E-state index in [0.717, 1.165) is 11.4 Å². The van der Waals surface area contributed by atoms with Gasteiger partial charge in [0.1, 0.15) is 12.5 Å². The first kappa shape index (κ1) is 39.1. The molecule has 0 saturated heterocycles. The minimum Gasteiger partial charge on any atom is -0.356 e. The molecular formula is C22H45N7O6. The number of ketones is 1. The summed E-state index contributed by atoms with van der Waals surface area (Å²) in [4.78, 5) is 64.0. The van der Waals surface area contributed by atoms with E-state index in [0.29, 0.717) is 25.7 Å². The Hall–Kier alpha value is -3.16. The average Bonchev–Trinajstić information content (AvgIpc) is 3.16. The van der Waals surface area contributed by atoms with Crippen molar-refractivity contribution in [3.8, 4) is 0 Å². The van der Waals surface area contributed by atoms with E-state index in [1.807, 2.05) is 20.8 Å². The fourth-order valence-corrected chi connectivity index (χ4v) is 1.44. The first-order valence-corrected chi connectivity index (χ1v) is 11.4. The maximum atomic E-state index is 11.0. The fourth-order valence-electron chi connectivity index (χ4n) is 1.44. The van der Waals surface area contributed by atoms with Gasteiger partial charge in [0, 0.05) is 51.0 Å². The summed E-state index contributed by atoms with van der Waals surface area (Å²) in [5, 5.41) is 7.53. The summed E-state index contributed by atoms with van der Waals surface area (Å²) in [5.74, 6) is -0.578. The number of nitrogens with two attached hydrogens (primary N) is 3. The van der Waals surface area contributed by atoms with Crippen LogP contribution in [0.2, 0.25) is 0 Å². The Labute approximate surface area is 208 Å². The van der Waals surface area contributed by atoms with Gasteiger partial charge in [-0.1, -0.05) is 27.7 Å². The maximum Gasteiger partial charge on any atom is 0.255 e. The molecule has 0 aromatic carbocycles. The van der Waals surface area contributed by atoms with E-state index in [4.69, 9.17) is 5.73 Å². The van der Waals surface area contributed by atoms with Crippen LogP contribution >= 0.6 is 0 Å². The molecule has 1 rings (SSSR count). The highest BCUT2D eigenvalue weighted by molar-refractivity contribution is 6.12. The molecule has 5 amide bonds. The molecule has 0 spiro atoms. The number of carbonyl (C=O) groups excluding carboxylic acids is 6. The van der Waals surface area contributed by atoms with Crippen molar-refractivity contribution < 1.29 is 28.8 Å². The SMILES string of the molecule is CCC(=O)NCN.CCC(=O)NCN1C(=O)C=CC1=O.CCC(C)=O.CCNC(=O)CC.NCN. The van der Waals surface area contributed by atoms with Crippen molar-refractivity contribution in [1.29, 1.82) is 0 Å². The standard InChI is InChI=1S/C8H10N2O3.C5H11NO.C4H10N2O.C4H8O.CH6N2/c1-2-6(11)9-5-10-7(12)3-4-8(10)13;1-3-5(7)6-4-2;1-2-4(7)6-3-5;1-3-4(2)5;2-1-3/h3-4H,2,5H2,1H3,(H,9,11);3-4H2,1-2H3,(H,6,7);2-3,5H2,1H3,(H,6,7);3H2,1-2H3;1-3H2. The van der Waals surface area contributed by atoms with Crippen LogP contribution in [0.1, 0.15) is 67.2 Å². The fraction of sp³-hybridized carbons (Fsp3) is 0.636. The van der Waals surface area contributed by atoms with Crippen LogP contribution in [0.5, 0.6) is 0 Å². The monoisotopic (exact) mass is 503 g/mol. The molecule has 0 fully saturated rings. The summed E-state index contributed by atoms with van der Waals surface area (Å²) >= 11 is 0. The summed E-state index contributed by atoms with van der Waals surface area (Å²) in [6, 6.07) is 0. The highest BCUT2D eigenvalue weighted by Crippen LogP contribution is 2.00. The second kappa shape index (κ2) is 28.9. The molecule has 0 unspecified atom stereocenters. The number of nitrogens with zero attached hydrogens (tertiary/aromatic N) is 1.